The molecule has 0 bridgehead atoms. The molecule has 0 saturated carbocycles. The Labute approximate surface area is 193 Å². The average Bonchev–Trinajstić information content (AvgIpc) is 3.35. The molecule has 0 aliphatic carbocycles. The Balaban J connectivity index is 1.57. The molecule has 4 aromatic rings. The lowest BCUT2D eigenvalue weighted by Crippen LogP contribution is -2.37. The molecule has 10 heteroatoms. The Morgan fingerprint density at radius 2 is 1.85 bits per heavy atom. The van der Waals surface area contributed by atoms with Crippen molar-refractivity contribution in [2.45, 2.75) is 20.4 Å². The van der Waals surface area contributed by atoms with Crippen LogP contribution in [0.4, 0.5) is 13.9 Å². The van der Waals surface area contributed by atoms with Crippen LogP contribution in [-0.4, -0.2) is 40.9 Å². The molecular formula is C23H22F2N4O3S. The molecule has 7 nitrogen and oxygen atoms in total. The Kier molecular flexibility index (Phi) is 6.55. The minimum Gasteiger partial charge on any atom is -0.497 e. The van der Waals surface area contributed by atoms with E-state index in [1.54, 1.807) is 36.1 Å². The fraction of sp³-hybridized carbons (Fsp3) is 0.261. The van der Waals surface area contributed by atoms with Gasteiger partial charge in [0.15, 0.2) is 17.6 Å². The number of fused-ring (bicyclic) bond motifs is 1. The summed E-state index contributed by atoms with van der Waals surface area (Å²) >= 11 is 1.05. The van der Waals surface area contributed by atoms with E-state index in [1.807, 2.05) is 19.9 Å². The molecule has 0 radical (unpaired) electrons. The molecule has 172 valence electrons. The van der Waals surface area contributed by atoms with E-state index < -0.39 is 11.6 Å². The number of rotatable bonds is 8. The number of halogens is 2. The number of nitrogens with zero attached hydrogens (tertiary/aromatic N) is 4. The summed E-state index contributed by atoms with van der Waals surface area (Å²) in [5, 5.41) is 4.69. The first-order chi connectivity index (χ1) is 15.8. The van der Waals surface area contributed by atoms with Crippen LogP contribution >= 0.6 is 11.3 Å². The summed E-state index contributed by atoms with van der Waals surface area (Å²) in [5.41, 5.74) is 1.84. The van der Waals surface area contributed by atoms with Crippen LogP contribution in [0.5, 0.6) is 11.5 Å². The number of thiazole rings is 1. The summed E-state index contributed by atoms with van der Waals surface area (Å²) in [7, 11) is 1.56. The average molecular weight is 473 g/mol. The molecule has 0 spiro atoms. The van der Waals surface area contributed by atoms with Gasteiger partial charge in [-0.25, -0.2) is 13.8 Å². The predicted molar refractivity (Wildman–Crippen MR) is 122 cm³/mol. The molecule has 0 aliphatic rings. The summed E-state index contributed by atoms with van der Waals surface area (Å²) in [5.74, 6) is -0.664. The number of benzene rings is 2. The largest absolute Gasteiger partial charge is 0.497 e. The second-order valence-corrected chi connectivity index (χ2v) is 8.40. The van der Waals surface area contributed by atoms with Crippen molar-refractivity contribution in [2.24, 2.45) is 0 Å². The van der Waals surface area contributed by atoms with Gasteiger partial charge in [-0.15, -0.1) is 0 Å². The van der Waals surface area contributed by atoms with E-state index in [-0.39, 0.29) is 29.7 Å². The van der Waals surface area contributed by atoms with Crippen molar-refractivity contribution in [3.05, 3.63) is 65.5 Å². The van der Waals surface area contributed by atoms with Crippen LogP contribution in [0.25, 0.3) is 10.2 Å². The zero-order valence-corrected chi connectivity index (χ0v) is 19.2. The molecule has 2 heterocycles. The van der Waals surface area contributed by atoms with Gasteiger partial charge < -0.3 is 9.47 Å². The lowest BCUT2D eigenvalue weighted by molar-refractivity contribution is -0.120. The van der Waals surface area contributed by atoms with Crippen molar-refractivity contribution in [2.75, 3.05) is 25.2 Å². The summed E-state index contributed by atoms with van der Waals surface area (Å²) in [6, 6.07) is 10.8. The highest BCUT2D eigenvalue weighted by atomic mass is 32.1. The van der Waals surface area contributed by atoms with E-state index in [0.29, 0.717) is 22.7 Å². The summed E-state index contributed by atoms with van der Waals surface area (Å²) in [6.45, 7) is 4.20. The molecule has 2 aromatic heterocycles. The number of carbonyl (C=O) groups is 1. The molecule has 33 heavy (non-hydrogen) atoms. The van der Waals surface area contributed by atoms with Crippen molar-refractivity contribution < 1.29 is 23.0 Å². The molecule has 2 aromatic carbocycles. The summed E-state index contributed by atoms with van der Waals surface area (Å²) in [4.78, 5) is 18.8. The van der Waals surface area contributed by atoms with Gasteiger partial charge in [-0.3, -0.25) is 14.4 Å². The molecule has 0 saturated heterocycles. The molecule has 0 aliphatic heterocycles. The van der Waals surface area contributed by atoms with Crippen molar-refractivity contribution in [3.8, 4) is 11.5 Å². The zero-order chi connectivity index (χ0) is 23.5. The highest BCUT2D eigenvalue weighted by Gasteiger charge is 2.22. The minimum atomic E-state index is -0.770. The van der Waals surface area contributed by atoms with Crippen LogP contribution in [0.15, 0.2) is 42.5 Å². The van der Waals surface area contributed by atoms with E-state index in [4.69, 9.17) is 9.47 Å². The highest BCUT2D eigenvalue weighted by Crippen LogP contribution is 2.31. The van der Waals surface area contributed by atoms with Crippen LogP contribution in [0.1, 0.15) is 11.4 Å². The number of hydrogen-bond acceptors (Lipinski definition) is 6. The number of anilines is 1. The number of methoxy groups -OCH3 is 1. The Bertz CT molecular complexity index is 1290. The Morgan fingerprint density at radius 3 is 2.52 bits per heavy atom. The maximum Gasteiger partial charge on any atom is 0.266 e. The first-order valence-electron chi connectivity index (χ1n) is 10.2. The predicted octanol–water partition coefficient (Wildman–Crippen LogP) is 4.51. The molecule has 1 amide bonds. The Hall–Kier alpha value is -3.53. The van der Waals surface area contributed by atoms with Crippen LogP contribution in [0, 0.1) is 25.5 Å². The fourth-order valence-corrected chi connectivity index (χ4v) is 4.43. The first-order valence-corrected chi connectivity index (χ1v) is 11.0. The smallest absolute Gasteiger partial charge is 0.266 e. The van der Waals surface area contributed by atoms with Gasteiger partial charge in [0.2, 0.25) is 0 Å². The topological polar surface area (TPSA) is 69.5 Å². The van der Waals surface area contributed by atoms with Crippen LogP contribution in [0.2, 0.25) is 0 Å². The highest BCUT2D eigenvalue weighted by molar-refractivity contribution is 7.22. The lowest BCUT2D eigenvalue weighted by Gasteiger charge is -2.20. The summed E-state index contributed by atoms with van der Waals surface area (Å²) in [6.07, 6.45) is 0. The second kappa shape index (κ2) is 9.53. The van der Waals surface area contributed by atoms with E-state index in [0.717, 1.165) is 28.8 Å². The fourth-order valence-electron chi connectivity index (χ4n) is 3.38. The molecule has 4 rings (SSSR count). The van der Waals surface area contributed by atoms with Gasteiger partial charge in [-0.1, -0.05) is 11.3 Å². The second-order valence-electron chi connectivity index (χ2n) is 7.39. The number of carbonyl (C=O) groups excluding carboxylic acids is 1. The minimum absolute atomic E-state index is 0.0244. The third-order valence-electron chi connectivity index (χ3n) is 4.99. The monoisotopic (exact) mass is 472 g/mol. The molecule has 0 fully saturated rings. The van der Waals surface area contributed by atoms with E-state index in [9.17, 15) is 13.6 Å². The zero-order valence-electron chi connectivity index (χ0n) is 18.3. The van der Waals surface area contributed by atoms with Gasteiger partial charge in [0.1, 0.15) is 22.8 Å². The molecule has 0 N–H and O–H groups in total. The Morgan fingerprint density at radius 1 is 1.12 bits per heavy atom. The maximum absolute atomic E-state index is 14.2. The van der Waals surface area contributed by atoms with Crippen molar-refractivity contribution in [1.82, 2.24) is 14.8 Å². The van der Waals surface area contributed by atoms with Crippen molar-refractivity contribution >= 4 is 32.6 Å². The standard InChI is InChI=1S/C23H22F2N4O3S/c1-14-10-15(2)29(27-14)9-8-28(21(30)13-32-18-6-4-17(31-3)5-7-18)23-26-22-19(25)11-16(24)12-20(22)33-23/h4-7,10-12H,8-9,13H2,1-3H3. The number of aryl methyl sites for hydroxylation is 2. The number of amides is 1. The van der Waals surface area contributed by atoms with Gasteiger partial charge in [0.05, 0.1) is 24.0 Å². The van der Waals surface area contributed by atoms with E-state index in [1.165, 1.54) is 11.0 Å². The summed E-state index contributed by atoms with van der Waals surface area (Å²) < 4.78 is 40.7. The van der Waals surface area contributed by atoms with Gasteiger partial charge in [-0.05, 0) is 50.2 Å². The third kappa shape index (κ3) is 5.11. The van der Waals surface area contributed by atoms with E-state index in [2.05, 4.69) is 10.1 Å². The van der Waals surface area contributed by atoms with Crippen molar-refractivity contribution in [3.63, 3.8) is 0 Å². The molecule has 0 unspecified atom stereocenters. The van der Waals surface area contributed by atoms with Crippen molar-refractivity contribution in [1.29, 1.82) is 0 Å². The van der Waals surface area contributed by atoms with Crippen LogP contribution in [-0.2, 0) is 11.3 Å². The van der Waals surface area contributed by atoms with Gasteiger partial charge in [0, 0.05) is 18.3 Å². The van der Waals surface area contributed by atoms with Gasteiger partial charge in [-0.2, -0.15) is 5.10 Å². The normalized spacial score (nSPS) is 11.1. The van der Waals surface area contributed by atoms with Crippen LogP contribution < -0.4 is 14.4 Å². The van der Waals surface area contributed by atoms with Crippen LogP contribution in [0.3, 0.4) is 0 Å². The number of hydrogen-bond donors (Lipinski definition) is 0. The van der Waals surface area contributed by atoms with E-state index >= 15 is 0 Å². The third-order valence-corrected chi connectivity index (χ3v) is 6.02. The quantitative estimate of drug-likeness (QED) is 0.378. The van der Waals surface area contributed by atoms with Gasteiger partial charge in [0.25, 0.3) is 5.91 Å². The first kappa shape index (κ1) is 22.7. The van der Waals surface area contributed by atoms with Gasteiger partial charge >= 0.3 is 0 Å². The SMILES string of the molecule is COc1ccc(OCC(=O)N(CCn2nc(C)cc2C)c2nc3c(F)cc(F)cc3s2)cc1. The molecular weight excluding hydrogens is 450 g/mol. The lowest BCUT2D eigenvalue weighted by atomic mass is 10.3. The molecule has 0 atom stereocenters. The maximum atomic E-state index is 14.2. The number of aromatic nitrogens is 3. The number of ether oxygens (including phenoxy) is 2.